The molecule has 1 aliphatic rings. The minimum absolute atomic E-state index is 0.0800. The van der Waals surface area contributed by atoms with Gasteiger partial charge in [-0.2, -0.15) is 0 Å². The first-order valence-electron chi connectivity index (χ1n) is 11.1. The van der Waals surface area contributed by atoms with Crippen LogP contribution in [0.3, 0.4) is 0 Å². The van der Waals surface area contributed by atoms with E-state index in [1.54, 1.807) is 31.4 Å². The van der Waals surface area contributed by atoms with Crippen molar-refractivity contribution < 1.29 is 24.2 Å². The first kappa shape index (κ1) is 23.6. The fourth-order valence-corrected chi connectivity index (χ4v) is 4.75. The summed E-state index contributed by atoms with van der Waals surface area (Å²) in [6.45, 7) is 4.84. The van der Waals surface area contributed by atoms with Crippen LogP contribution in [-0.2, 0) is 16.1 Å². The predicted molar refractivity (Wildman–Crippen MR) is 132 cm³/mol. The standard InChI is InChI=1S/C27H27NO5S/c1-17(2)16-33-21-10-5-8-19(14-21)25(29)23-24(22-11-6-12-34-22)28(27(31)26(23)30)15-18-7-4-9-20(13-18)32-3/h4-14,17,24,29H,15-16H2,1-3H3/b25-23-. The number of likely N-dealkylation sites (tertiary alicyclic amines) is 1. The summed E-state index contributed by atoms with van der Waals surface area (Å²) in [6.07, 6.45) is 0. The molecule has 7 heteroatoms. The summed E-state index contributed by atoms with van der Waals surface area (Å²) in [5.41, 5.74) is 1.34. The molecule has 1 N–H and O–H groups in total. The van der Waals surface area contributed by atoms with Gasteiger partial charge >= 0.3 is 0 Å². The van der Waals surface area contributed by atoms with Gasteiger partial charge in [0.25, 0.3) is 11.7 Å². The minimum atomic E-state index is -0.702. The molecule has 1 aliphatic heterocycles. The minimum Gasteiger partial charge on any atom is -0.507 e. The van der Waals surface area contributed by atoms with E-state index < -0.39 is 17.7 Å². The average Bonchev–Trinajstić information content (AvgIpc) is 3.45. The summed E-state index contributed by atoms with van der Waals surface area (Å²) in [5.74, 6) is 0.0520. The fraction of sp³-hybridized carbons (Fsp3) is 0.259. The van der Waals surface area contributed by atoms with Crippen molar-refractivity contribution in [2.75, 3.05) is 13.7 Å². The Labute approximate surface area is 203 Å². The lowest BCUT2D eigenvalue weighted by atomic mass is 9.99. The number of benzene rings is 2. The van der Waals surface area contributed by atoms with Gasteiger partial charge in [-0.05, 0) is 47.2 Å². The van der Waals surface area contributed by atoms with Crippen LogP contribution in [0.5, 0.6) is 11.5 Å². The maximum atomic E-state index is 13.2. The number of carbonyl (C=O) groups is 2. The van der Waals surface area contributed by atoms with Crippen LogP contribution < -0.4 is 9.47 Å². The van der Waals surface area contributed by atoms with Crippen molar-refractivity contribution in [3.05, 3.63) is 87.6 Å². The average molecular weight is 478 g/mol. The third-order valence-electron chi connectivity index (χ3n) is 5.53. The van der Waals surface area contributed by atoms with Gasteiger partial charge in [-0.15, -0.1) is 11.3 Å². The number of amides is 1. The lowest BCUT2D eigenvalue weighted by Crippen LogP contribution is -2.28. The predicted octanol–water partition coefficient (Wildman–Crippen LogP) is 5.41. The maximum Gasteiger partial charge on any atom is 0.295 e. The number of aliphatic hydroxyl groups excluding tert-OH is 1. The van der Waals surface area contributed by atoms with E-state index in [2.05, 4.69) is 13.8 Å². The molecule has 34 heavy (non-hydrogen) atoms. The zero-order valence-corrected chi connectivity index (χ0v) is 20.2. The maximum absolute atomic E-state index is 13.2. The van der Waals surface area contributed by atoms with Crippen molar-refractivity contribution in [1.29, 1.82) is 0 Å². The van der Waals surface area contributed by atoms with E-state index in [0.29, 0.717) is 29.6 Å². The Morgan fingerprint density at radius 3 is 2.53 bits per heavy atom. The highest BCUT2D eigenvalue weighted by Crippen LogP contribution is 2.42. The van der Waals surface area contributed by atoms with Gasteiger partial charge in [0.1, 0.15) is 17.3 Å². The lowest BCUT2D eigenvalue weighted by molar-refractivity contribution is -0.140. The molecule has 4 rings (SSSR count). The number of ether oxygens (including phenoxy) is 2. The van der Waals surface area contributed by atoms with Crippen molar-refractivity contribution in [2.45, 2.75) is 26.4 Å². The Balaban J connectivity index is 1.75. The highest BCUT2D eigenvalue weighted by Gasteiger charge is 2.46. The molecular weight excluding hydrogens is 450 g/mol. The zero-order chi connectivity index (χ0) is 24.2. The summed E-state index contributed by atoms with van der Waals surface area (Å²) >= 11 is 1.44. The van der Waals surface area contributed by atoms with E-state index in [0.717, 1.165) is 10.4 Å². The third kappa shape index (κ3) is 4.84. The largest absolute Gasteiger partial charge is 0.507 e. The molecule has 1 atom stereocenters. The van der Waals surface area contributed by atoms with Gasteiger partial charge in [0.05, 0.1) is 25.3 Å². The number of hydrogen-bond donors (Lipinski definition) is 1. The zero-order valence-electron chi connectivity index (χ0n) is 19.4. The van der Waals surface area contributed by atoms with Crippen LogP contribution in [0.4, 0.5) is 0 Å². The molecule has 0 bridgehead atoms. The quantitative estimate of drug-likeness (QED) is 0.267. The first-order chi connectivity index (χ1) is 16.4. The number of ketones is 1. The normalized spacial score (nSPS) is 17.4. The molecule has 2 heterocycles. The van der Waals surface area contributed by atoms with E-state index in [9.17, 15) is 14.7 Å². The van der Waals surface area contributed by atoms with Crippen molar-refractivity contribution >= 4 is 28.8 Å². The third-order valence-corrected chi connectivity index (χ3v) is 6.46. The van der Waals surface area contributed by atoms with Crippen LogP contribution in [-0.4, -0.2) is 35.4 Å². The lowest BCUT2D eigenvalue weighted by Gasteiger charge is -2.24. The summed E-state index contributed by atoms with van der Waals surface area (Å²) in [6, 6.07) is 17.4. The van der Waals surface area contributed by atoms with Crippen molar-refractivity contribution in [2.24, 2.45) is 5.92 Å². The Morgan fingerprint density at radius 1 is 1.06 bits per heavy atom. The van der Waals surface area contributed by atoms with Gasteiger partial charge in [0.15, 0.2) is 0 Å². The molecule has 1 unspecified atom stereocenters. The number of aliphatic hydroxyl groups is 1. The smallest absolute Gasteiger partial charge is 0.295 e. The highest BCUT2D eigenvalue weighted by atomic mass is 32.1. The summed E-state index contributed by atoms with van der Waals surface area (Å²) < 4.78 is 11.1. The number of rotatable bonds is 8. The van der Waals surface area contributed by atoms with Gasteiger partial charge in [-0.25, -0.2) is 0 Å². The van der Waals surface area contributed by atoms with Gasteiger partial charge in [-0.3, -0.25) is 9.59 Å². The number of carbonyl (C=O) groups excluding carboxylic acids is 2. The number of nitrogens with zero attached hydrogens (tertiary/aromatic N) is 1. The fourth-order valence-electron chi connectivity index (χ4n) is 3.90. The van der Waals surface area contributed by atoms with E-state index in [4.69, 9.17) is 9.47 Å². The van der Waals surface area contributed by atoms with Gasteiger partial charge in [-0.1, -0.05) is 44.2 Å². The topological polar surface area (TPSA) is 76.1 Å². The molecule has 0 radical (unpaired) electrons. The summed E-state index contributed by atoms with van der Waals surface area (Å²) in [7, 11) is 1.58. The second-order valence-corrected chi connectivity index (χ2v) is 9.51. The molecular formula is C27H27NO5S. The number of thiophene rings is 1. The van der Waals surface area contributed by atoms with Crippen LogP contribution in [0.15, 0.2) is 71.6 Å². The van der Waals surface area contributed by atoms with Gasteiger partial charge < -0.3 is 19.5 Å². The van der Waals surface area contributed by atoms with E-state index in [-0.39, 0.29) is 17.9 Å². The molecule has 6 nitrogen and oxygen atoms in total. The van der Waals surface area contributed by atoms with Gasteiger partial charge in [0, 0.05) is 17.0 Å². The number of Topliss-reactive ketones (excluding diaryl/α,β-unsaturated/α-hetero) is 1. The van der Waals surface area contributed by atoms with Crippen LogP contribution >= 0.6 is 11.3 Å². The van der Waals surface area contributed by atoms with E-state index in [1.165, 1.54) is 16.2 Å². The first-order valence-corrected chi connectivity index (χ1v) is 11.9. The second kappa shape index (κ2) is 10.1. The second-order valence-electron chi connectivity index (χ2n) is 8.53. The molecule has 1 amide bonds. The molecule has 1 aromatic heterocycles. The molecule has 3 aromatic rings. The Morgan fingerprint density at radius 2 is 1.82 bits per heavy atom. The Kier molecular flexibility index (Phi) is 7.03. The van der Waals surface area contributed by atoms with Gasteiger partial charge in [0.2, 0.25) is 0 Å². The Bertz CT molecular complexity index is 1220. The Hall–Kier alpha value is -3.58. The van der Waals surface area contributed by atoms with Crippen molar-refractivity contribution in [3.63, 3.8) is 0 Å². The molecule has 176 valence electrons. The molecule has 0 saturated carbocycles. The number of hydrogen-bond acceptors (Lipinski definition) is 6. The molecule has 0 aliphatic carbocycles. The summed E-state index contributed by atoms with van der Waals surface area (Å²) in [4.78, 5) is 28.6. The monoisotopic (exact) mass is 477 g/mol. The highest BCUT2D eigenvalue weighted by molar-refractivity contribution is 7.10. The molecule has 1 fully saturated rings. The van der Waals surface area contributed by atoms with E-state index >= 15 is 0 Å². The van der Waals surface area contributed by atoms with Crippen LogP contribution in [0.1, 0.15) is 35.9 Å². The number of methoxy groups -OCH3 is 1. The molecule has 1 saturated heterocycles. The van der Waals surface area contributed by atoms with E-state index in [1.807, 2.05) is 41.8 Å². The van der Waals surface area contributed by atoms with Crippen molar-refractivity contribution in [3.8, 4) is 11.5 Å². The van der Waals surface area contributed by atoms with Crippen LogP contribution in [0.2, 0.25) is 0 Å². The summed E-state index contributed by atoms with van der Waals surface area (Å²) in [5, 5.41) is 13.1. The molecule has 0 spiro atoms. The van der Waals surface area contributed by atoms with Crippen molar-refractivity contribution in [1.82, 2.24) is 4.90 Å². The van der Waals surface area contributed by atoms with Crippen LogP contribution in [0, 0.1) is 5.92 Å². The molecule has 2 aromatic carbocycles. The SMILES string of the molecule is COc1cccc(CN2C(=O)C(=O)/C(=C(\O)c3cccc(OCC(C)C)c3)C2c2cccs2)c1. The van der Waals surface area contributed by atoms with Crippen LogP contribution in [0.25, 0.3) is 5.76 Å².